The van der Waals surface area contributed by atoms with Gasteiger partial charge in [0.25, 0.3) is 0 Å². The Kier molecular flexibility index (Phi) is 4.89. The molecule has 0 saturated heterocycles. The molecule has 1 aromatic heterocycles. The number of aliphatic hydroxyl groups is 1. The third-order valence-corrected chi connectivity index (χ3v) is 2.94. The van der Waals surface area contributed by atoms with Crippen molar-refractivity contribution in [1.29, 1.82) is 0 Å². The molecule has 0 atom stereocenters. The fourth-order valence-corrected chi connectivity index (χ4v) is 1.92. The van der Waals surface area contributed by atoms with Crippen molar-refractivity contribution in [2.24, 2.45) is 0 Å². The Bertz CT molecular complexity index is 556. The number of methoxy groups -OCH3 is 2. The monoisotopic (exact) mass is 278 g/mol. The minimum absolute atomic E-state index is 0.121. The van der Waals surface area contributed by atoms with Gasteiger partial charge in [0.15, 0.2) is 17.3 Å². The Morgan fingerprint density at radius 2 is 2.00 bits per heavy atom. The number of benzene rings is 1. The molecule has 1 aromatic carbocycles. The van der Waals surface area contributed by atoms with E-state index in [2.05, 4.69) is 15.5 Å². The van der Waals surface area contributed by atoms with Crippen molar-refractivity contribution in [1.82, 2.24) is 20.2 Å². The van der Waals surface area contributed by atoms with Crippen LogP contribution in [0.3, 0.4) is 0 Å². The van der Waals surface area contributed by atoms with Gasteiger partial charge >= 0.3 is 0 Å². The topological polar surface area (TPSA) is 82.3 Å². The SMILES string of the molecule is COc1ccc(Cc2nnnn2CCCO)cc1OC. The lowest BCUT2D eigenvalue weighted by Crippen LogP contribution is -2.08. The fraction of sp³-hybridized carbons (Fsp3) is 0.462. The van der Waals surface area contributed by atoms with Gasteiger partial charge in [0.1, 0.15) is 0 Å². The van der Waals surface area contributed by atoms with Crippen LogP contribution in [0.25, 0.3) is 0 Å². The summed E-state index contributed by atoms with van der Waals surface area (Å²) in [5.74, 6) is 2.13. The van der Waals surface area contributed by atoms with Gasteiger partial charge in [0.2, 0.25) is 0 Å². The summed E-state index contributed by atoms with van der Waals surface area (Å²) in [5, 5.41) is 20.5. The predicted molar refractivity (Wildman–Crippen MR) is 71.9 cm³/mol. The van der Waals surface area contributed by atoms with Gasteiger partial charge in [-0.2, -0.15) is 0 Å². The molecule has 0 unspecified atom stereocenters. The van der Waals surface area contributed by atoms with E-state index in [1.54, 1.807) is 18.9 Å². The molecule has 0 aliphatic carbocycles. The molecule has 0 amide bonds. The molecule has 2 aromatic rings. The summed E-state index contributed by atoms with van der Waals surface area (Å²) in [7, 11) is 3.21. The van der Waals surface area contributed by atoms with E-state index < -0.39 is 0 Å². The number of aromatic nitrogens is 4. The maximum absolute atomic E-state index is 8.86. The summed E-state index contributed by atoms with van der Waals surface area (Å²) >= 11 is 0. The Balaban J connectivity index is 2.15. The van der Waals surface area contributed by atoms with Crippen molar-refractivity contribution >= 4 is 0 Å². The molecule has 0 radical (unpaired) electrons. The molecule has 20 heavy (non-hydrogen) atoms. The average Bonchev–Trinajstić information content (AvgIpc) is 2.92. The van der Waals surface area contributed by atoms with Crippen LogP contribution in [0.2, 0.25) is 0 Å². The molecule has 0 aliphatic heterocycles. The van der Waals surface area contributed by atoms with Crippen molar-refractivity contribution in [3.8, 4) is 11.5 Å². The molecular formula is C13H18N4O3. The molecule has 0 fully saturated rings. The molecule has 1 heterocycles. The first-order valence-electron chi connectivity index (χ1n) is 6.35. The molecule has 0 saturated carbocycles. The third kappa shape index (κ3) is 3.24. The van der Waals surface area contributed by atoms with Crippen LogP contribution in [-0.4, -0.2) is 46.1 Å². The van der Waals surface area contributed by atoms with Gasteiger partial charge < -0.3 is 14.6 Å². The van der Waals surface area contributed by atoms with Crippen LogP contribution >= 0.6 is 0 Å². The molecule has 1 N–H and O–H groups in total. The van der Waals surface area contributed by atoms with Crippen LogP contribution in [0, 0.1) is 0 Å². The van der Waals surface area contributed by atoms with Crippen molar-refractivity contribution in [2.75, 3.05) is 20.8 Å². The highest BCUT2D eigenvalue weighted by atomic mass is 16.5. The van der Waals surface area contributed by atoms with Crippen LogP contribution in [0.5, 0.6) is 11.5 Å². The molecule has 108 valence electrons. The lowest BCUT2D eigenvalue weighted by Gasteiger charge is -2.09. The summed E-state index contributed by atoms with van der Waals surface area (Å²) in [6.45, 7) is 0.724. The lowest BCUT2D eigenvalue weighted by atomic mass is 10.1. The van der Waals surface area contributed by atoms with Crippen molar-refractivity contribution in [3.63, 3.8) is 0 Å². The summed E-state index contributed by atoms with van der Waals surface area (Å²) < 4.78 is 12.2. The number of aliphatic hydroxyl groups excluding tert-OH is 1. The van der Waals surface area contributed by atoms with E-state index in [0.717, 1.165) is 11.4 Å². The smallest absolute Gasteiger partial charge is 0.161 e. The first kappa shape index (κ1) is 14.3. The Morgan fingerprint density at radius 1 is 1.20 bits per heavy atom. The largest absolute Gasteiger partial charge is 0.493 e. The number of nitrogens with zero attached hydrogens (tertiary/aromatic N) is 4. The van der Waals surface area contributed by atoms with Crippen molar-refractivity contribution in [2.45, 2.75) is 19.4 Å². The number of hydrogen-bond donors (Lipinski definition) is 1. The molecule has 7 nitrogen and oxygen atoms in total. The van der Waals surface area contributed by atoms with Crippen molar-refractivity contribution in [3.05, 3.63) is 29.6 Å². The van der Waals surface area contributed by atoms with E-state index in [4.69, 9.17) is 14.6 Å². The van der Waals surface area contributed by atoms with Gasteiger partial charge in [-0.1, -0.05) is 6.07 Å². The Morgan fingerprint density at radius 3 is 2.70 bits per heavy atom. The van der Waals surface area contributed by atoms with E-state index in [9.17, 15) is 0 Å². The van der Waals surface area contributed by atoms with Crippen molar-refractivity contribution < 1.29 is 14.6 Å². The number of hydrogen-bond acceptors (Lipinski definition) is 6. The molecule has 0 spiro atoms. The first-order chi connectivity index (χ1) is 9.78. The maximum atomic E-state index is 8.86. The molecule has 7 heteroatoms. The maximum Gasteiger partial charge on any atom is 0.161 e. The molecule has 0 aliphatic rings. The second-order valence-corrected chi connectivity index (χ2v) is 4.26. The van der Waals surface area contributed by atoms with Crippen LogP contribution in [0.4, 0.5) is 0 Å². The minimum atomic E-state index is 0.121. The van der Waals surface area contributed by atoms with Gasteiger partial charge in [-0.3, -0.25) is 0 Å². The van der Waals surface area contributed by atoms with E-state index in [1.807, 2.05) is 18.2 Å². The molecule has 2 rings (SSSR count). The Hall–Kier alpha value is -2.15. The summed E-state index contributed by atoms with van der Waals surface area (Å²) in [5.41, 5.74) is 1.03. The van der Waals surface area contributed by atoms with E-state index in [1.165, 1.54) is 0 Å². The van der Waals surface area contributed by atoms with E-state index >= 15 is 0 Å². The quantitative estimate of drug-likeness (QED) is 0.801. The normalized spacial score (nSPS) is 10.6. The Labute approximate surface area is 117 Å². The summed E-state index contributed by atoms with van der Waals surface area (Å²) in [6, 6.07) is 5.71. The highest BCUT2D eigenvalue weighted by Gasteiger charge is 2.10. The average molecular weight is 278 g/mol. The lowest BCUT2D eigenvalue weighted by molar-refractivity contribution is 0.275. The van der Waals surface area contributed by atoms with E-state index in [0.29, 0.717) is 30.9 Å². The zero-order chi connectivity index (χ0) is 14.4. The summed E-state index contributed by atoms with van der Waals surface area (Å²) in [4.78, 5) is 0. The number of tetrazole rings is 1. The highest BCUT2D eigenvalue weighted by molar-refractivity contribution is 5.43. The van der Waals surface area contributed by atoms with Crippen LogP contribution < -0.4 is 9.47 Å². The first-order valence-corrected chi connectivity index (χ1v) is 6.35. The third-order valence-electron chi connectivity index (χ3n) is 2.94. The van der Waals surface area contributed by atoms with Gasteiger partial charge in [0, 0.05) is 19.6 Å². The standard InChI is InChI=1S/C13H18N4O3/c1-19-11-5-4-10(8-12(11)20-2)9-13-14-15-16-17(13)6-3-7-18/h4-5,8,18H,3,6-7,9H2,1-2H3. The molecular weight excluding hydrogens is 260 g/mol. The number of ether oxygens (including phenoxy) is 2. The fourth-order valence-electron chi connectivity index (χ4n) is 1.92. The predicted octanol–water partition coefficient (Wildman–Crippen LogP) is 0.663. The van der Waals surface area contributed by atoms with Gasteiger partial charge in [-0.25, -0.2) is 4.68 Å². The van der Waals surface area contributed by atoms with Crippen LogP contribution in [-0.2, 0) is 13.0 Å². The van der Waals surface area contributed by atoms with Crippen LogP contribution in [0.1, 0.15) is 17.8 Å². The van der Waals surface area contributed by atoms with Gasteiger partial charge in [0.05, 0.1) is 14.2 Å². The van der Waals surface area contributed by atoms with Crippen LogP contribution in [0.15, 0.2) is 18.2 Å². The highest BCUT2D eigenvalue weighted by Crippen LogP contribution is 2.28. The number of rotatable bonds is 7. The second kappa shape index (κ2) is 6.85. The van der Waals surface area contributed by atoms with E-state index in [-0.39, 0.29) is 6.61 Å². The zero-order valence-electron chi connectivity index (χ0n) is 11.6. The minimum Gasteiger partial charge on any atom is -0.493 e. The second-order valence-electron chi connectivity index (χ2n) is 4.26. The van der Waals surface area contributed by atoms with Gasteiger partial charge in [-0.05, 0) is 34.5 Å². The number of aryl methyl sites for hydroxylation is 1. The zero-order valence-corrected chi connectivity index (χ0v) is 11.6. The summed E-state index contributed by atoms with van der Waals surface area (Å²) in [6.07, 6.45) is 1.22. The molecule has 0 bridgehead atoms. The van der Waals surface area contributed by atoms with Gasteiger partial charge in [-0.15, -0.1) is 5.10 Å².